The number of carboxylic acids is 1. The van der Waals surface area contributed by atoms with Gasteiger partial charge in [-0.15, -0.1) is 0 Å². The van der Waals surface area contributed by atoms with Crippen LogP contribution in [-0.4, -0.2) is 36.4 Å². The lowest BCUT2D eigenvalue weighted by Gasteiger charge is -2.18. The van der Waals surface area contributed by atoms with E-state index in [1.165, 1.54) is 12.1 Å². The van der Waals surface area contributed by atoms with Crippen LogP contribution in [0.2, 0.25) is 0 Å². The number of hydrogen-bond acceptors (Lipinski definition) is 6. The van der Waals surface area contributed by atoms with Gasteiger partial charge in [-0.2, -0.15) is 4.72 Å². The minimum atomic E-state index is -4.00. The highest BCUT2D eigenvalue weighted by Crippen LogP contribution is 2.24. The maximum absolute atomic E-state index is 12.6. The number of sulfonamides is 1. The van der Waals surface area contributed by atoms with Gasteiger partial charge in [0.25, 0.3) is 5.89 Å². The Morgan fingerprint density at radius 1 is 0.944 bits per heavy atom. The van der Waals surface area contributed by atoms with Crippen LogP contribution >= 0.6 is 0 Å². The normalized spacial score (nSPS) is 12.6. The van der Waals surface area contributed by atoms with Crippen LogP contribution in [0.3, 0.4) is 0 Å². The van der Waals surface area contributed by atoms with Gasteiger partial charge in [0.05, 0.1) is 4.90 Å². The lowest BCUT2D eigenvalue weighted by Crippen LogP contribution is -2.44. The number of anilines is 1. The molecule has 4 rings (SSSR count). The molecule has 0 aliphatic heterocycles. The number of amides is 1. The Morgan fingerprint density at radius 3 is 2.14 bits per heavy atom. The number of oxazole rings is 1. The average molecular weight is 508 g/mol. The molecule has 0 spiro atoms. The molecule has 0 radical (unpaired) electrons. The smallest absolute Gasteiger partial charge is 0.322 e. The van der Waals surface area contributed by atoms with Crippen molar-refractivity contribution < 1.29 is 27.5 Å². The van der Waals surface area contributed by atoms with Crippen molar-refractivity contribution >= 4 is 38.7 Å². The molecule has 3 aromatic carbocycles. The van der Waals surface area contributed by atoms with Gasteiger partial charge in [0, 0.05) is 5.69 Å². The maximum atomic E-state index is 12.6. The number of carboxylic acid groups (broad SMARTS) is 1. The first kappa shape index (κ1) is 25.1. The third-order valence-electron chi connectivity index (χ3n) is 5.59. The molecule has 3 N–H and O–H groups in total. The summed E-state index contributed by atoms with van der Waals surface area (Å²) in [6.07, 6.45) is 0. The second kappa shape index (κ2) is 9.92. The topological polar surface area (TPSA) is 139 Å². The predicted molar refractivity (Wildman–Crippen MR) is 135 cm³/mol. The molecule has 186 valence electrons. The first-order valence-electron chi connectivity index (χ1n) is 11.2. The molecule has 1 heterocycles. The lowest BCUT2D eigenvalue weighted by molar-refractivity contribution is -0.140. The molecule has 9 nitrogen and oxygen atoms in total. The Bertz CT molecular complexity index is 1520. The average Bonchev–Trinajstić information content (AvgIpc) is 3.26. The van der Waals surface area contributed by atoms with E-state index in [-0.39, 0.29) is 10.8 Å². The van der Waals surface area contributed by atoms with Crippen LogP contribution in [-0.2, 0) is 14.8 Å². The molecule has 1 atom stereocenters. The summed E-state index contributed by atoms with van der Waals surface area (Å²) < 4.78 is 33.0. The Hall–Kier alpha value is -4.02. The highest BCUT2D eigenvalue weighted by molar-refractivity contribution is 7.89. The predicted octanol–water partition coefficient (Wildman–Crippen LogP) is 4.44. The summed E-state index contributed by atoms with van der Waals surface area (Å²) in [5, 5.41) is 12.0. The molecule has 0 saturated heterocycles. The van der Waals surface area contributed by atoms with Crippen molar-refractivity contribution in [3.05, 3.63) is 78.2 Å². The Labute approximate surface area is 208 Å². The number of rotatable bonds is 8. The number of hydrogen-bond donors (Lipinski definition) is 3. The number of benzene rings is 3. The Balaban J connectivity index is 1.45. The number of aryl methyl sites for hydroxylation is 1. The van der Waals surface area contributed by atoms with E-state index in [0.29, 0.717) is 16.8 Å². The van der Waals surface area contributed by atoms with E-state index in [9.17, 15) is 23.1 Å². The van der Waals surface area contributed by atoms with E-state index < -0.39 is 33.9 Å². The first-order valence-corrected chi connectivity index (χ1v) is 12.7. The van der Waals surface area contributed by atoms with Gasteiger partial charge in [0.1, 0.15) is 11.6 Å². The zero-order valence-corrected chi connectivity index (χ0v) is 20.7. The zero-order chi connectivity index (χ0) is 26.0. The minimum Gasteiger partial charge on any atom is -0.480 e. The van der Waals surface area contributed by atoms with Gasteiger partial charge in [-0.25, -0.2) is 13.4 Å². The standard InChI is InChI=1S/C26H25N3O6S/c1-15(2)23(26(31)32)29-36(33,34)20-11-7-18(8-12-20)17-5-9-19(10-6-17)27-24(30)25-28-21-14-16(3)4-13-22(21)35-25/h4-15,23,29H,1-3H3,(H,27,30)(H,31,32)/t23-/m0/s1. The van der Waals surface area contributed by atoms with Crippen LogP contribution in [0.1, 0.15) is 30.1 Å². The summed E-state index contributed by atoms with van der Waals surface area (Å²) in [6.45, 7) is 5.19. The summed E-state index contributed by atoms with van der Waals surface area (Å²) in [4.78, 5) is 28.1. The molecule has 0 fully saturated rings. The van der Waals surface area contributed by atoms with Gasteiger partial charge in [-0.3, -0.25) is 9.59 Å². The van der Waals surface area contributed by atoms with Crippen LogP contribution < -0.4 is 10.0 Å². The zero-order valence-electron chi connectivity index (χ0n) is 19.8. The number of carbonyl (C=O) groups is 2. The second-order valence-corrected chi connectivity index (χ2v) is 10.4. The lowest BCUT2D eigenvalue weighted by atomic mass is 10.1. The van der Waals surface area contributed by atoms with Crippen LogP contribution in [0.25, 0.3) is 22.2 Å². The number of carbonyl (C=O) groups excluding carboxylic acids is 1. The van der Waals surface area contributed by atoms with Crippen molar-refractivity contribution in [3.8, 4) is 11.1 Å². The molecule has 1 amide bonds. The van der Waals surface area contributed by atoms with Crippen molar-refractivity contribution in [2.24, 2.45) is 5.92 Å². The number of fused-ring (bicyclic) bond motifs is 1. The van der Waals surface area contributed by atoms with E-state index in [4.69, 9.17) is 4.42 Å². The molecule has 0 aliphatic carbocycles. The van der Waals surface area contributed by atoms with Crippen LogP contribution in [0.15, 0.2) is 76.0 Å². The van der Waals surface area contributed by atoms with E-state index >= 15 is 0 Å². The molecular formula is C26H25N3O6S. The van der Waals surface area contributed by atoms with E-state index in [0.717, 1.165) is 16.7 Å². The largest absolute Gasteiger partial charge is 0.480 e. The minimum absolute atomic E-state index is 0.0319. The van der Waals surface area contributed by atoms with Gasteiger partial charge in [0.15, 0.2) is 5.58 Å². The molecule has 1 aromatic heterocycles. The highest BCUT2D eigenvalue weighted by atomic mass is 32.2. The SMILES string of the molecule is Cc1ccc2oc(C(=O)Nc3ccc(-c4ccc(S(=O)(=O)N[C@H](C(=O)O)C(C)C)cc4)cc3)nc2c1. The van der Waals surface area contributed by atoms with Crippen LogP contribution in [0, 0.1) is 12.8 Å². The molecular weight excluding hydrogens is 482 g/mol. The van der Waals surface area contributed by atoms with Crippen molar-refractivity contribution in [2.75, 3.05) is 5.32 Å². The van der Waals surface area contributed by atoms with Crippen molar-refractivity contribution in [2.45, 2.75) is 31.7 Å². The van der Waals surface area contributed by atoms with Crippen molar-refractivity contribution in [1.82, 2.24) is 9.71 Å². The number of aromatic nitrogens is 1. The van der Waals surface area contributed by atoms with Gasteiger partial charge < -0.3 is 14.8 Å². The number of nitrogens with zero attached hydrogens (tertiary/aromatic N) is 1. The summed E-state index contributed by atoms with van der Waals surface area (Å²) in [5.41, 5.74) is 4.25. The van der Waals surface area contributed by atoms with Crippen molar-refractivity contribution in [1.29, 1.82) is 0 Å². The fourth-order valence-corrected chi connectivity index (χ4v) is 4.94. The fourth-order valence-electron chi connectivity index (χ4n) is 3.60. The number of aliphatic carboxylic acids is 1. The van der Waals surface area contributed by atoms with E-state index in [1.54, 1.807) is 56.3 Å². The maximum Gasteiger partial charge on any atom is 0.322 e. The van der Waals surface area contributed by atoms with E-state index in [2.05, 4.69) is 15.0 Å². The number of nitrogens with one attached hydrogen (secondary N) is 2. The van der Waals surface area contributed by atoms with Crippen molar-refractivity contribution in [3.63, 3.8) is 0 Å². The molecule has 0 saturated carbocycles. The third kappa shape index (κ3) is 5.45. The summed E-state index contributed by atoms with van der Waals surface area (Å²) in [7, 11) is -4.00. The summed E-state index contributed by atoms with van der Waals surface area (Å²) in [6, 6.07) is 17.4. The Kier molecular flexibility index (Phi) is 6.91. The molecule has 10 heteroatoms. The third-order valence-corrected chi connectivity index (χ3v) is 7.05. The second-order valence-electron chi connectivity index (χ2n) is 8.73. The van der Waals surface area contributed by atoms with Gasteiger partial charge in [0.2, 0.25) is 10.0 Å². The van der Waals surface area contributed by atoms with Crippen LogP contribution in [0.4, 0.5) is 5.69 Å². The van der Waals surface area contributed by atoms with Gasteiger partial charge in [-0.1, -0.05) is 44.2 Å². The van der Waals surface area contributed by atoms with Crippen LogP contribution in [0.5, 0.6) is 0 Å². The Morgan fingerprint density at radius 2 is 1.56 bits per heavy atom. The highest BCUT2D eigenvalue weighted by Gasteiger charge is 2.28. The molecule has 0 unspecified atom stereocenters. The quantitative estimate of drug-likeness (QED) is 0.320. The van der Waals surface area contributed by atoms with Gasteiger partial charge >= 0.3 is 11.9 Å². The molecule has 4 aromatic rings. The fraction of sp³-hybridized carbons (Fsp3) is 0.192. The first-order chi connectivity index (χ1) is 17.0. The van der Waals surface area contributed by atoms with E-state index in [1.807, 2.05) is 19.1 Å². The molecule has 0 bridgehead atoms. The summed E-state index contributed by atoms with van der Waals surface area (Å²) >= 11 is 0. The monoisotopic (exact) mass is 507 g/mol. The molecule has 0 aliphatic rings. The summed E-state index contributed by atoms with van der Waals surface area (Å²) in [5.74, 6) is -2.15. The molecule has 36 heavy (non-hydrogen) atoms. The van der Waals surface area contributed by atoms with Gasteiger partial charge in [-0.05, 0) is 65.9 Å².